The lowest BCUT2D eigenvalue weighted by molar-refractivity contribution is -0.136. The largest absolute Gasteiger partial charge is 0.344 e. The van der Waals surface area contributed by atoms with E-state index in [4.69, 9.17) is 10.1 Å². The fourth-order valence-corrected chi connectivity index (χ4v) is 5.05. The Morgan fingerprint density at radius 2 is 1.86 bits per heavy atom. The van der Waals surface area contributed by atoms with E-state index in [9.17, 15) is 4.79 Å². The van der Waals surface area contributed by atoms with Gasteiger partial charge in [0.1, 0.15) is 0 Å². The van der Waals surface area contributed by atoms with E-state index in [1.807, 2.05) is 16.5 Å². The highest BCUT2D eigenvalue weighted by Crippen LogP contribution is 2.33. The van der Waals surface area contributed by atoms with E-state index >= 15 is 0 Å². The molecule has 0 radical (unpaired) electrons. The highest BCUT2D eigenvalue weighted by molar-refractivity contribution is 7.22. The minimum absolute atomic E-state index is 0.159. The van der Waals surface area contributed by atoms with Gasteiger partial charge in [-0.15, -0.1) is 0 Å². The molecule has 1 aromatic carbocycles. The maximum absolute atomic E-state index is 12.7. The molecular formula is C22H29N5OS. The van der Waals surface area contributed by atoms with Crippen LogP contribution in [0.15, 0.2) is 24.3 Å². The zero-order chi connectivity index (χ0) is 20.5. The molecule has 1 fully saturated rings. The topological polar surface area (TPSA) is 54.3 Å². The molecule has 7 heteroatoms. The van der Waals surface area contributed by atoms with Gasteiger partial charge in [0.2, 0.25) is 5.91 Å². The summed E-state index contributed by atoms with van der Waals surface area (Å²) in [4.78, 5) is 21.9. The normalized spacial score (nSPS) is 14.9. The van der Waals surface area contributed by atoms with E-state index in [2.05, 4.69) is 49.9 Å². The zero-order valence-electron chi connectivity index (χ0n) is 17.7. The molecule has 0 aliphatic carbocycles. The quantitative estimate of drug-likeness (QED) is 0.632. The number of carbonyl (C=O) groups excluding carboxylic acids is 1. The van der Waals surface area contributed by atoms with Crippen molar-refractivity contribution in [3.8, 4) is 5.69 Å². The lowest BCUT2D eigenvalue weighted by Crippen LogP contribution is -2.50. The predicted molar refractivity (Wildman–Crippen MR) is 119 cm³/mol. The summed E-state index contributed by atoms with van der Waals surface area (Å²) in [5.74, 6) is 0.469. The molecule has 29 heavy (non-hydrogen) atoms. The van der Waals surface area contributed by atoms with Crippen molar-refractivity contribution < 1.29 is 4.79 Å². The summed E-state index contributed by atoms with van der Waals surface area (Å²) in [5, 5.41) is 5.74. The summed E-state index contributed by atoms with van der Waals surface area (Å²) in [5.41, 5.74) is 4.18. The molecule has 1 aliphatic rings. The smallest absolute Gasteiger partial charge is 0.225 e. The van der Waals surface area contributed by atoms with Gasteiger partial charge >= 0.3 is 0 Å². The van der Waals surface area contributed by atoms with Crippen LogP contribution in [-0.2, 0) is 4.79 Å². The number of rotatable bonds is 5. The van der Waals surface area contributed by atoms with Crippen LogP contribution in [0.2, 0.25) is 0 Å². The van der Waals surface area contributed by atoms with Crippen LogP contribution in [0.3, 0.4) is 0 Å². The van der Waals surface area contributed by atoms with Gasteiger partial charge in [0.05, 0.1) is 16.1 Å². The number of aryl methyl sites for hydroxylation is 2. The van der Waals surface area contributed by atoms with E-state index in [0.29, 0.717) is 5.91 Å². The van der Waals surface area contributed by atoms with E-state index in [1.54, 1.807) is 11.3 Å². The minimum Gasteiger partial charge on any atom is -0.344 e. The second-order valence-corrected chi connectivity index (χ2v) is 8.79. The number of anilines is 1. The Labute approximate surface area is 176 Å². The first-order valence-electron chi connectivity index (χ1n) is 10.5. The third-order valence-corrected chi connectivity index (χ3v) is 7.03. The van der Waals surface area contributed by atoms with Crippen LogP contribution >= 0.6 is 11.3 Å². The highest BCUT2D eigenvalue weighted by atomic mass is 32.1. The number of benzene rings is 1. The van der Waals surface area contributed by atoms with Gasteiger partial charge in [-0.1, -0.05) is 37.3 Å². The Kier molecular flexibility index (Phi) is 5.58. The van der Waals surface area contributed by atoms with Crippen LogP contribution in [0.25, 0.3) is 16.0 Å². The average Bonchev–Trinajstić information content (AvgIpc) is 3.30. The monoisotopic (exact) mass is 411 g/mol. The molecule has 4 rings (SSSR count). The van der Waals surface area contributed by atoms with Gasteiger partial charge in [-0.2, -0.15) is 10.1 Å². The van der Waals surface area contributed by atoms with Crippen LogP contribution in [-0.4, -0.2) is 51.8 Å². The molecule has 0 saturated carbocycles. The molecule has 0 N–H and O–H groups in total. The summed E-state index contributed by atoms with van der Waals surface area (Å²) in [7, 11) is 0. The van der Waals surface area contributed by atoms with Crippen molar-refractivity contribution in [2.45, 2.75) is 40.5 Å². The Hall–Kier alpha value is -2.41. The van der Waals surface area contributed by atoms with Crippen molar-refractivity contribution in [2.24, 2.45) is 5.92 Å². The summed E-state index contributed by atoms with van der Waals surface area (Å²) < 4.78 is 3.09. The molecule has 154 valence electrons. The summed E-state index contributed by atoms with van der Waals surface area (Å²) >= 11 is 1.70. The van der Waals surface area contributed by atoms with Gasteiger partial charge in [-0.05, 0) is 44.4 Å². The Morgan fingerprint density at radius 1 is 1.14 bits per heavy atom. The molecule has 1 aliphatic heterocycles. The number of hydrogen-bond acceptors (Lipinski definition) is 5. The molecular weight excluding hydrogens is 382 g/mol. The molecule has 2 aromatic heterocycles. The minimum atomic E-state index is 0.159. The van der Waals surface area contributed by atoms with Gasteiger partial charge in [-0.25, -0.2) is 4.68 Å². The second-order valence-electron chi connectivity index (χ2n) is 7.81. The van der Waals surface area contributed by atoms with Crippen molar-refractivity contribution in [1.82, 2.24) is 19.7 Å². The van der Waals surface area contributed by atoms with Crippen molar-refractivity contribution >= 4 is 32.7 Å². The maximum Gasteiger partial charge on any atom is 0.225 e. The molecule has 1 amide bonds. The standard InChI is InChI=1S/C22H29N5OS/c1-5-17(6-2)21(28)25-10-12-26(13-11-25)22-23-20-19(29-22)16(4)24-27(20)18-9-7-8-15(3)14-18/h7-9,14,17H,5-6,10-13H2,1-4H3. The highest BCUT2D eigenvalue weighted by Gasteiger charge is 2.27. The van der Waals surface area contributed by atoms with Crippen molar-refractivity contribution in [3.63, 3.8) is 0 Å². The predicted octanol–water partition coefficient (Wildman–Crippen LogP) is 4.18. The fraction of sp³-hybridized carbons (Fsp3) is 0.500. The van der Waals surface area contributed by atoms with Crippen LogP contribution in [0, 0.1) is 19.8 Å². The molecule has 3 aromatic rings. The number of piperazine rings is 1. The van der Waals surface area contributed by atoms with Crippen LogP contribution in [0.5, 0.6) is 0 Å². The maximum atomic E-state index is 12.7. The molecule has 0 bridgehead atoms. The number of thiazole rings is 1. The second kappa shape index (κ2) is 8.14. The van der Waals surface area contributed by atoms with Crippen LogP contribution in [0.1, 0.15) is 37.9 Å². The van der Waals surface area contributed by atoms with Gasteiger partial charge < -0.3 is 9.80 Å². The fourth-order valence-electron chi connectivity index (χ4n) is 4.01. The van der Waals surface area contributed by atoms with Crippen LogP contribution < -0.4 is 4.90 Å². The lowest BCUT2D eigenvalue weighted by Gasteiger charge is -2.36. The van der Waals surface area contributed by atoms with E-state index in [-0.39, 0.29) is 5.92 Å². The van der Waals surface area contributed by atoms with Crippen molar-refractivity contribution in [3.05, 3.63) is 35.5 Å². The van der Waals surface area contributed by atoms with Gasteiger partial charge in [0.25, 0.3) is 0 Å². The summed E-state index contributed by atoms with van der Waals surface area (Å²) in [6.07, 6.45) is 1.84. The molecule has 3 heterocycles. The number of nitrogens with zero attached hydrogens (tertiary/aromatic N) is 5. The number of aromatic nitrogens is 3. The van der Waals surface area contributed by atoms with Crippen LogP contribution in [0.4, 0.5) is 5.13 Å². The SMILES string of the molecule is CCC(CC)C(=O)N1CCN(c2nc3c(s2)c(C)nn3-c2cccc(C)c2)CC1. The Bertz CT molecular complexity index is 1010. The van der Waals surface area contributed by atoms with E-state index in [0.717, 1.165) is 65.9 Å². The molecule has 0 atom stereocenters. The van der Waals surface area contributed by atoms with Gasteiger partial charge in [0, 0.05) is 32.1 Å². The third-order valence-electron chi connectivity index (χ3n) is 5.82. The summed E-state index contributed by atoms with van der Waals surface area (Å²) in [6, 6.07) is 8.34. The molecule has 0 unspecified atom stereocenters. The first-order chi connectivity index (χ1) is 14.0. The molecule has 1 saturated heterocycles. The van der Waals surface area contributed by atoms with Gasteiger partial charge in [0.15, 0.2) is 10.8 Å². The number of fused-ring (bicyclic) bond motifs is 1. The first kappa shape index (κ1) is 19.9. The third kappa shape index (κ3) is 3.75. The number of hydrogen-bond donors (Lipinski definition) is 0. The Morgan fingerprint density at radius 3 is 2.52 bits per heavy atom. The van der Waals surface area contributed by atoms with Crippen molar-refractivity contribution in [2.75, 3.05) is 31.1 Å². The molecule has 0 spiro atoms. The number of amides is 1. The Balaban J connectivity index is 1.54. The van der Waals surface area contributed by atoms with Crippen molar-refractivity contribution in [1.29, 1.82) is 0 Å². The lowest BCUT2D eigenvalue weighted by atomic mass is 10.0. The number of carbonyl (C=O) groups is 1. The first-order valence-corrected chi connectivity index (χ1v) is 11.3. The zero-order valence-corrected chi connectivity index (χ0v) is 18.5. The van der Waals surface area contributed by atoms with Gasteiger partial charge in [-0.3, -0.25) is 4.79 Å². The van der Waals surface area contributed by atoms with E-state index in [1.165, 1.54) is 5.56 Å². The van der Waals surface area contributed by atoms with E-state index < -0.39 is 0 Å². The molecule has 6 nitrogen and oxygen atoms in total. The average molecular weight is 412 g/mol. The summed E-state index contributed by atoms with van der Waals surface area (Å²) in [6.45, 7) is 11.5.